The third kappa shape index (κ3) is 2.78. The lowest BCUT2D eigenvalue weighted by atomic mass is 10.0. The van der Waals surface area contributed by atoms with E-state index >= 15 is 0 Å². The lowest BCUT2D eigenvalue weighted by molar-refractivity contribution is 0.0964. The van der Waals surface area contributed by atoms with Gasteiger partial charge in [-0.3, -0.25) is 4.79 Å². The molecule has 22 heavy (non-hydrogen) atoms. The van der Waals surface area contributed by atoms with Crippen molar-refractivity contribution in [3.63, 3.8) is 0 Å². The highest BCUT2D eigenvalue weighted by atomic mass is 32.1. The summed E-state index contributed by atoms with van der Waals surface area (Å²) in [5.41, 5.74) is 2.57. The molecule has 6 heteroatoms. The van der Waals surface area contributed by atoms with Crippen molar-refractivity contribution in [1.29, 1.82) is 0 Å². The van der Waals surface area contributed by atoms with Gasteiger partial charge in [0.05, 0.1) is 4.88 Å². The van der Waals surface area contributed by atoms with Crippen molar-refractivity contribution in [3.05, 3.63) is 63.0 Å². The summed E-state index contributed by atoms with van der Waals surface area (Å²) in [7, 11) is 0. The van der Waals surface area contributed by atoms with Crippen molar-refractivity contribution < 1.29 is 9.21 Å². The maximum Gasteiger partial charge on any atom is 0.437 e. The van der Waals surface area contributed by atoms with Crippen LogP contribution in [0.25, 0.3) is 10.8 Å². The largest absolute Gasteiger partial charge is 0.437 e. The Morgan fingerprint density at radius 2 is 2.14 bits per heavy atom. The van der Waals surface area contributed by atoms with Crippen molar-refractivity contribution in [1.82, 2.24) is 9.78 Å². The van der Waals surface area contributed by atoms with Crippen LogP contribution in [0.15, 0.2) is 44.9 Å². The second-order valence-electron chi connectivity index (χ2n) is 5.05. The third-order valence-corrected chi connectivity index (χ3v) is 4.17. The first-order chi connectivity index (χ1) is 10.5. The molecule has 0 saturated carbocycles. The minimum Gasteiger partial charge on any atom is -0.387 e. The molecule has 0 N–H and O–H groups in total. The Morgan fingerprint density at radius 1 is 1.32 bits per heavy atom. The molecule has 0 aliphatic rings. The molecule has 0 unspecified atom stereocenters. The molecule has 3 aromatic rings. The average Bonchev–Trinajstić information content (AvgIpc) is 3.09. The number of aromatic nitrogens is 2. The number of hydrogen-bond donors (Lipinski definition) is 0. The molecule has 0 aliphatic heterocycles. The van der Waals surface area contributed by atoms with Gasteiger partial charge >= 0.3 is 5.76 Å². The molecule has 0 spiro atoms. The zero-order valence-electron chi connectivity index (χ0n) is 12.2. The molecule has 1 aromatic carbocycles. The number of rotatable bonds is 4. The van der Waals surface area contributed by atoms with Gasteiger partial charge < -0.3 is 4.42 Å². The first-order valence-corrected chi connectivity index (χ1v) is 7.65. The van der Waals surface area contributed by atoms with Crippen molar-refractivity contribution in [2.45, 2.75) is 20.4 Å². The summed E-state index contributed by atoms with van der Waals surface area (Å²) in [4.78, 5) is 24.9. The van der Waals surface area contributed by atoms with Crippen molar-refractivity contribution in [2.75, 3.05) is 0 Å². The van der Waals surface area contributed by atoms with Gasteiger partial charge in [-0.25, -0.2) is 4.79 Å². The van der Waals surface area contributed by atoms with Crippen LogP contribution in [0.2, 0.25) is 0 Å². The van der Waals surface area contributed by atoms with Crippen LogP contribution < -0.4 is 5.76 Å². The number of ketones is 1. The Labute approximate surface area is 130 Å². The first-order valence-electron chi connectivity index (χ1n) is 6.77. The van der Waals surface area contributed by atoms with E-state index in [0.717, 1.165) is 20.7 Å². The summed E-state index contributed by atoms with van der Waals surface area (Å²) in [6.45, 7) is 3.72. The Bertz CT molecular complexity index is 875. The summed E-state index contributed by atoms with van der Waals surface area (Å²) < 4.78 is 6.17. The fraction of sp³-hybridized carbons (Fsp3) is 0.188. The molecule has 0 saturated heterocycles. The summed E-state index contributed by atoms with van der Waals surface area (Å²) >= 11 is 1.42. The number of carbonyl (C=O) groups is 1. The van der Waals surface area contributed by atoms with Gasteiger partial charge in [-0.2, -0.15) is 4.68 Å². The predicted octanol–water partition coefficient (Wildman–Crippen LogP) is 3.06. The highest BCUT2D eigenvalue weighted by molar-refractivity contribution is 7.13. The number of carbonyl (C=O) groups excluding carboxylic acids is 1. The number of hydrogen-bond acceptors (Lipinski definition) is 5. The van der Waals surface area contributed by atoms with Crippen LogP contribution in [0.3, 0.4) is 0 Å². The van der Waals surface area contributed by atoms with Gasteiger partial charge in [0.15, 0.2) is 5.78 Å². The van der Waals surface area contributed by atoms with E-state index in [4.69, 9.17) is 4.42 Å². The standard InChI is InChI=1S/C16H14N2O3S/c1-10-5-6-12(11(2)8-10)13(19)9-18-16(20)21-15(17-18)14-4-3-7-22-14/h3-8H,9H2,1-2H3. The summed E-state index contributed by atoms with van der Waals surface area (Å²) in [6, 6.07) is 9.25. The molecular weight excluding hydrogens is 300 g/mol. The van der Waals surface area contributed by atoms with E-state index in [9.17, 15) is 9.59 Å². The summed E-state index contributed by atoms with van der Waals surface area (Å²) in [6.07, 6.45) is 0. The molecule has 0 bridgehead atoms. The normalized spacial score (nSPS) is 10.8. The summed E-state index contributed by atoms with van der Waals surface area (Å²) in [5.74, 6) is -0.541. The zero-order valence-corrected chi connectivity index (χ0v) is 13.0. The smallest absolute Gasteiger partial charge is 0.387 e. The highest BCUT2D eigenvalue weighted by Crippen LogP contribution is 2.21. The van der Waals surface area contributed by atoms with E-state index in [2.05, 4.69) is 5.10 Å². The number of thiophene rings is 1. The van der Waals surface area contributed by atoms with Crippen LogP contribution in [0, 0.1) is 13.8 Å². The topological polar surface area (TPSA) is 65.1 Å². The van der Waals surface area contributed by atoms with Crippen LogP contribution in [-0.4, -0.2) is 15.6 Å². The van der Waals surface area contributed by atoms with E-state index < -0.39 is 5.76 Å². The molecule has 0 atom stereocenters. The fourth-order valence-corrected chi connectivity index (χ4v) is 2.90. The monoisotopic (exact) mass is 314 g/mol. The lowest BCUT2D eigenvalue weighted by Gasteiger charge is -2.05. The van der Waals surface area contributed by atoms with E-state index in [1.165, 1.54) is 11.3 Å². The molecule has 0 aliphatic carbocycles. The van der Waals surface area contributed by atoms with Crippen LogP contribution in [0.4, 0.5) is 0 Å². The SMILES string of the molecule is Cc1ccc(C(=O)Cn2nc(-c3cccs3)oc2=O)c(C)c1. The maximum absolute atomic E-state index is 12.4. The van der Waals surface area contributed by atoms with Crippen LogP contribution >= 0.6 is 11.3 Å². The Kier molecular flexibility index (Phi) is 3.77. The maximum atomic E-state index is 12.4. The molecule has 3 rings (SSSR count). The van der Waals surface area contributed by atoms with E-state index in [0.29, 0.717) is 5.56 Å². The van der Waals surface area contributed by atoms with Gasteiger partial charge in [0.25, 0.3) is 5.89 Å². The van der Waals surface area contributed by atoms with Gasteiger partial charge in [-0.1, -0.05) is 29.8 Å². The molecule has 2 aromatic heterocycles. The number of aryl methyl sites for hydroxylation is 2. The second kappa shape index (κ2) is 5.73. The van der Waals surface area contributed by atoms with Crippen molar-refractivity contribution >= 4 is 17.1 Å². The van der Waals surface area contributed by atoms with Gasteiger partial charge in [-0.15, -0.1) is 16.4 Å². The molecule has 112 valence electrons. The Morgan fingerprint density at radius 3 is 2.82 bits per heavy atom. The molecule has 0 fully saturated rings. The van der Waals surface area contributed by atoms with Gasteiger partial charge in [0, 0.05) is 5.56 Å². The fourth-order valence-electron chi connectivity index (χ4n) is 2.25. The molecule has 0 radical (unpaired) electrons. The zero-order chi connectivity index (χ0) is 15.7. The molecular formula is C16H14N2O3S. The minimum absolute atomic E-state index is 0.127. The first kappa shape index (κ1) is 14.5. The molecule has 5 nitrogen and oxygen atoms in total. The number of benzene rings is 1. The quantitative estimate of drug-likeness (QED) is 0.694. The highest BCUT2D eigenvalue weighted by Gasteiger charge is 2.16. The minimum atomic E-state index is -0.624. The number of Topliss-reactive ketones (excluding diaryl/α,β-unsaturated/α-hetero) is 1. The summed E-state index contributed by atoms with van der Waals surface area (Å²) in [5, 5.41) is 5.96. The van der Waals surface area contributed by atoms with Crippen molar-refractivity contribution in [2.24, 2.45) is 0 Å². The third-order valence-electron chi connectivity index (χ3n) is 3.31. The van der Waals surface area contributed by atoms with Crippen LogP contribution in [-0.2, 0) is 6.54 Å². The second-order valence-corrected chi connectivity index (χ2v) is 6.00. The van der Waals surface area contributed by atoms with Gasteiger partial charge in [0.2, 0.25) is 0 Å². The number of nitrogens with zero attached hydrogens (tertiary/aromatic N) is 2. The van der Waals surface area contributed by atoms with Crippen LogP contribution in [0.1, 0.15) is 21.5 Å². The lowest BCUT2D eigenvalue weighted by Crippen LogP contribution is -2.22. The Hall–Kier alpha value is -2.47. The van der Waals surface area contributed by atoms with Gasteiger partial charge in [0.1, 0.15) is 6.54 Å². The average molecular weight is 314 g/mol. The predicted molar refractivity (Wildman–Crippen MR) is 84.3 cm³/mol. The van der Waals surface area contributed by atoms with E-state index in [1.807, 2.05) is 43.5 Å². The Balaban J connectivity index is 1.87. The van der Waals surface area contributed by atoms with E-state index in [1.54, 1.807) is 6.07 Å². The van der Waals surface area contributed by atoms with Gasteiger partial charge in [-0.05, 0) is 30.9 Å². The molecule has 2 heterocycles. The molecule has 0 amide bonds. The van der Waals surface area contributed by atoms with E-state index in [-0.39, 0.29) is 18.2 Å². The van der Waals surface area contributed by atoms with Crippen molar-refractivity contribution in [3.8, 4) is 10.8 Å². The van der Waals surface area contributed by atoms with Crippen LogP contribution in [0.5, 0.6) is 0 Å².